The van der Waals surface area contributed by atoms with Crippen LogP contribution < -0.4 is 4.90 Å². The van der Waals surface area contributed by atoms with Crippen molar-refractivity contribution in [2.75, 3.05) is 4.90 Å². The molecule has 12 aromatic carbocycles. The molecule has 0 N–H and O–H groups in total. The van der Waals surface area contributed by atoms with Gasteiger partial charge in [-0.2, -0.15) is 0 Å². The Labute approximate surface area is 442 Å². The predicted molar refractivity (Wildman–Crippen MR) is 315 cm³/mol. The molecule has 76 heavy (non-hydrogen) atoms. The zero-order valence-electron chi connectivity index (χ0n) is 41.6. The van der Waals surface area contributed by atoms with Crippen molar-refractivity contribution in [1.82, 2.24) is 4.57 Å². The number of anilines is 3. The summed E-state index contributed by atoms with van der Waals surface area (Å²) in [7, 11) is 0. The van der Waals surface area contributed by atoms with Crippen LogP contribution in [0.2, 0.25) is 0 Å². The monoisotopic (exact) mass is 964 g/mol. The molecule has 0 fully saturated rings. The number of fused-ring (bicyclic) bond motifs is 15. The number of hydrogen-bond donors (Lipinski definition) is 0. The highest BCUT2D eigenvalue weighted by molar-refractivity contribution is 6.13. The fraction of sp³-hybridized carbons (Fsp3) is 0.0270. The molecule has 1 atom stereocenters. The standard InChI is InChI=1S/C74H48N2/c1-4-23-49(24-5-1)54-29-12-18-39-68(54)75(53-44-46-59-56-31-10-15-35-62(56)73(67(59)48-53,51-25-6-2-7-26-51)52-27-8-3-9-28-52)69-40-19-13-30-55(69)50-43-45-58-57-32-11-16-36-63(57)74(66(58)47-50)64-37-17-21-42-71(64)76-70-41-20-14-33-60(70)61-34-22-38-65(74)72(61)76/h1-48H. The molecule has 13 aromatic rings. The fourth-order valence-electron chi connectivity index (χ4n) is 14.2. The molecule has 0 saturated heterocycles. The smallest absolute Gasteiger partial charge is 0.0754 e. The van der Waals surface area contributed by atoms with Gasteiger partial charge >= 0.3 is 0 Å². The maximum absolute atomic E-state index is 2.54. The lowest BCUT2D eigenvalue weighted by Crippen LogP contribution is -2.33. The maximum Gasteiger partial charge on any atom is 0.0754 e. The molecule has 1 aromatic heterocycles. The Morgan fingerprint density at radius 3 is 1.43 bits per heavy atom. The van der Waals surface area contributed by atoms with Crippen molar-refractivity contribution < 1.29 is 0 Å². The Bertz CT molecular complexity index is 4430. The molecule has 2 nitrogen and oxygen atoms in total. The van der Waals surface area contributed by atoms with E-state index in [0.717, 1.165) is 39.3 Å². The molecule has 0 bridgehead atoms. The van der Waals surface area contributed by atoms with Gasteiger partial charge in [0.15, 0.2) is 0 Å². The Balaban J connectivity index is 0.967. The van der Waals surface area contributed by atoms with Gasteiger partial charge in [0, 0.05) is 27.6 Å². The SMILES string of the molecule is c1ccc(-c2ccccc2N(c2ccc3c(c2)C(c2ccccc2)(c2ccccc2)c2ccccc2-3)c2ccccc2-c2ccc3c(c2)C2(c4ccccc4-3)c3ccccc3-n3c4ccccc4c4cccc2c43)cc1. The third kappa shape index (κ3) is 5.70. The van der Waals surface area contributed by atoms with E-state index in [1.54, 1.807) is 0 Å². The van der Waals surface area contributed by atoms with Gasteiger partial charge in [0.05, 0.1) is 38.9 Å². The quantitative estimate of drug-likeness (QED) is 0.155. The second kappa shape index (κ2) is 16.4. The van der Waals surface area contributed by atoms with Gasteiger partial charge in [-0.05, 0) is 120 Å². The number of hydrogen-bond acceptors (Lipinski definition) is 1. The molecule has 2 aliphatic carbocycles. The van der Waals surface area contributed by atoms with Crippen LogP contribution in [0.5, 0.6) is 0 Å². The van der Waals surface area contributed by atoms with Crippen LogP contribution in [0.1, 0.15) is 44.5 Å². The minimum Gasteiger partial charge on any atom is -0.309 e. The van der Waals surface area contributed by atoms with E-state index in [2.05, 4.69) is 301 Å². The summed E-state index contributed by atoms with van der Waals surface area (Å²) in [5.74, 6) is 0. The van der Waals surface area contributed by atoms with E-state index >= 15 is 0 Å². The van der Waals surface area contributed by atoms with Crippen molar-refractivity contribution in [3.63, 3.8) is 0 Å². The molecule has 1 unspecified atom stereocenters. The van der Waals surface area contributed by atoms with Gasteiger partial charge in [0.25, 0.3) is 0 Å². The van der Waals surface area contributed by atoms with Crippen molar-refractivity contribution in [3.8, 4) is 50.2 Å². The van der Waals surface area contributed by atoms with E-state index in [0.29, 0.717) is 0 Å². The molecule has 0 amide bonds. The van der Waals surface area contributed by atoms with Crippen LogP contribution in [-0.4, -0.2) is 4.57 Å². The van der Waals surface area contributed by atoms with Crippen molar-refractivity contribution >= 4 is 38.9 Å². The molecule has 2 heterocycles. The van der Waals surface area contributed by atoms with Crippen LogP contribution >= 0.6 is 0 Å². The van der Waals surface area contributed by atoms with Crippen molar-refractivity contribution in [2.24, 2.45) is 0 Å². The Morgan fingerprint density at radius 2 is 0.750 bits per heavy atom. The van der Waals surface area contributed by atoms with E-state index in [9.17, 15) is 0 Å². The summed E-state index contributed by atoms with van der Waals surface area (Å²) in [6, 6.07) is 109. The molecule has 354 valence electrons. The van der Waals surface area contributed by atoms with E-state index in [4.69, 9.17) is 0 Å². The van der Waals surface area contributed by atoms with Crippen molar-refractivity contribution in [2.45, 2.75) is 10.8 Å². The van der Waals surface area contributed by atoms with Crippen LogP contribution in [0.25, 0.3) is 72.0 Å². The number of benzene rings is 12. The lowest BCUT2D eigenvalue weighted by Gasteiger charge is -2.39. The van der Waals surface area contributed by atoms with Gasteiger partial charge in [-0.25, -0.2) is 0 Å². The molecule has 1 spiro atoms. The first-order valence-corrected chi connectivity index (χ1v) is 26.5. The Morgan fingerprint density at radius 1 is 0.276 bits per heavy atom. The van der Waals surface area contributed by atoms with Gasteiger partial charge in [-0.1, -0.05) is 249 Å². The average molecular weight is 965 g/mol. The summed E-state index contributed by atoms with van der Waals surface area (Å²) >= 11 is 0. The first-order chi connectivity index (χ1) is 37.7. The van der Waals surface area contributed by atoms with E-state index in [1.807, 2.05) is 0 Å². The average Bonchev–Trinajstić information content (AvgIpc) is 4.20. The van der Waals surface area contributed by atoms with Gasteiger partial charge in [0.2, 0.25) is 0 Å². The van der Waals surface area contributed by atoms with Gasteiger partial charge in [-0.3, -0.25) is 0 Å². The van der Waals surface area contributed by atoms with Crippen LogP contribution in [0, 0.1) is 0 Å². The molecular formula is C74H48N2. The van der Waals surface area contributed by atoms with E-state index in [1.165, 1.54) is 94.3 Å². The molecule has 2 heteroatoms. The Kier molecular flexibility index (Phi) is 9.20. The molecular weight excluding hydrogens is 917 g/mol. The fourth-order valence-corrected chi connectivity index (χ4v) is 14.2. The van der Waals surface area contributed by atoms with E-state index in [-0.39, 0.29) is 0 Å². The van der Waals surface area contributed by atoms with Crippen molar-refractivity contribution in [1.29, 1.82) is 0 Å². The summed E-state index contributed by atoms with van der Waals surface area (Å²) in [5, 5.41) is 2.56. The minimum atomic E-state index is -0.579. The first kappa shape index (κ1) is 42.7. The summed E-state index contributed by atoms with van der Waals surface area (Å²) in [6.07, 6.45) is 0. The summed E-state index contributed by atoms with van der Waals surface area (Å²) in [5.41, 5.74) is 25.9. The first-order valence-electron chi connectivity index (χ1n) is 26.5. The number of aromatic nitrogens is 1. The third-order valence-corrected chi connectivity index (χ3v) is 17.1. The van der Waals surface area contributed by atoms with Crippen molar-refractivity contribution in [3.05, 3.63) is 336 Å². The van der Waals surface area contributed by atoms with Crippen LogP contribution in [0.15, 0.2) is 291 Å². The normalized spacial score (nSPS) is 15.0. The molecule has 3 aliphatic rings. The Hall–Kier alpha value is -9.76. The van der Waals surface area contributed by atoms with Gasteiger partial charge in [-0.15, -0.1) is 0 Å². The van der Waals surface area contributed by atoms with Crippen LogP contribution in [0.4, 0.5) is 17.1 Å². The number of rotatable bonds is 7. The van der Waals surface area contributed by atoms with Crippen LogP contribution in [0.3, 0.4) is 0 Å². The van der Waals surface area contributed by atoms with Gasteiger partial charge < -0.3 is 9.47 Å². The summed E-state index contributed by atoms with van der Waals surface area (Å²) in [6.45, 7) is 0. The highest BCUT2D eigenvalue weighted by atomic mass is 15.1. The summed E-state index contributed by atoms with van der Waals surface area (Å²) in [4.78, 5) is 2.54. The minimum absolute atomic E-state index is 0.567. The maximum atomic E-state index is 2.54. The highest BCUT2D eigenvalue weighted by Crippen LogP contribution is 2.62. The molecule has 0 saturated carbocycles. The zero-order valence-corrected chi connectivity index (χ0v) is 41.6. The second-order valence-corrected chi connectivity index (χ2v) is 20.6. The second-order valence-electron chi connectivity index (χ2n) is 20.6. The zero-order chi connectivity index (χ0) is 50.0. The van der Waals surface area contributed by atoms with Crippen LogP contribution in [-0.2, 0) is 10.8 Å². The van der Waals surface area contributed by atoms with Gasteiger partial charge in [0.1, 0.15) is 0 Å². The number of para-hydroxylation sites is 5. The molecule has 0 radical (unpaired) electrons. The highest BCUT2D eigenvalue weighted by Gasteiger charge is 2.51. The lowest BCUT2D eigenvalue weighted by molar-refractivity contribution is 0.749. The van der Waals surface area contributed by atoms with E-state index < -0.39 is 10.8 Å². The predicted octanol–water partition coefficient (Wildman–Crippen LogP) is 18.6. The largest absolute Gasteiger partial charge is 0.309 e. The molecule has 1 aliphatic heterocycles. The molecule has 16 rings (SSSR count). The number of nitrogens with zero attached hydrogens (tertiary/aromatic N) is 2. The third-order valence-electron chi connectivity index (χ3n) is 17.1. The topological polar surface area (TPSA) is 8.17 Å². The summed E-state index contributed by atoms with van der Waals surface area (Å²) < 4.78 is 2.53. The lowest BCUT2D eigenvalue weighted by atomic mass is 9.65.